The summed E-state index contributed by atoms with van der Waals surface area (Å²) in [6.07, 6.45) is 0.474. The molecular formula is C15H21N5O3. The van der Waals surface area contributed by atoms with Gasteiger partial charge in [0.2, 0.25) is 5.82 Å². The third-order valence-corrected chi connectivity index (χ3v) is 3.32. The van der Waals surface area contributed by atoms with Gasteiger partial charge in [-0.2, -0.15) is 4.98 Å². The van der Waals surface area contributed by atoms with Crippen LogP contribution in [-0.4, -0.2) is 44.6 Å². The number of hydrogen-bond donors (Lipinski definition) is 1. The van der Waals surface area contributed by atoms with Crippen molar-refractivity contribution in [3.8, 4) is 0 Å². The molecule has 2 aromatic heterocycles. The van der Waals surface area contributed by atoms with Crippen molar-refractivity contribution in [3.05, 3.63) is 23.3 Å². The molecule has 0 saturated carbocycles. The van der Waals surface area contributed by atoms with Crippen LogP contribution in [0.15, 0.2) is 6.07 Å². The van der Waals surface area contributed by atoms with Crippen molar-refractivity contribution in [3.63, 3.8) is 0 Å². The number of nitrogens with one attached hydrogen (secondary N) is 1. The van der Waals surface area contributed by atoms with E-state index < -0.39 is 17.9 Å². The minimum atomic E-state index is -0.727. The number of ether oxygens (including phenoxy) is 1. The van der Waals surface area contributed by atoms with Gasteiger partial charge in [0.15, 0.2) is 0 Å². The topological polar surface area (TPSA) is 98.5 Å². The standard InChI is InChI=1S/C15H21N5O3/c1-8(2)6-11(14(22)23-5)17-13(21)12-18-15-16-9(3)7-10(4)20(15)19-12/h7-8,11H,6H2,1-5H3,(H,17,21)/t11-/m1/s1. The first-order valence-electron chi connectivity index (χ1n) is 7.41. The molecule has 2 heterocycles. The Morgan fingerprint density at radius 3 is 2.61 bits per heavy atom. The fourth-order valence-electron chi connectivity index (χ4n) is 2.31. The molecular weight excluding hydrogens is 298 g/mol. The highest BCUT2D eigenvalue weighted by atomic mass is 16.5. The molecule has 23 heavy (non-hydrogen) atoms. The van der Waals surface area contributed by atoms with Crippen molar-refractivity contribution in [1.82, 2.24) is 24.9 Å². The molecule has 0 radical (unpaired) electrons. The fourth-order valence-corrected chi connectivity index (χ4v) is 2.31. The van der Waals surface area contributed by atoms with E-state index in [1.165, 1.54) is 11.6 Å². The zero-order valence-electron chi connectivity index (χ0n) is 14.0. The first kappa shape index (κ1) is 16.9. The minimum absolute atomic E-state index is 0.0242. The predicted molar refractivity (Wildman–Crippen MR) is 83.0 cm³/mol. The van der Waals surface area contributed by atoms with Crippen molar-refractivity contribution in [2.24, 2.45) is 5.92 Å². The number of esters is 1. The Kier molecular flexibility index (Phi) is 4.92. The van der Waals surface area contributed by atoms with Crippen LogP contribution < -0.4 is 5.32 Å². The van der Waals surface area contributed by atoms with Gasteiger partial charge in [-0.05, 0) is 32.3 Å². The predicted octanol–water partition coefficient (Wildman–Crippen LogP) is 1.06. The van der Waals surface area contributed by atoms with Crippen LogP contribution in [0.3, 0.4) is 0 Å². The summed E-state index contributed by atoms with van der Waals surface area (Å²) in [5.74, 6) is -0.459. The summed E-state index contributed by atoms with van der Waals surface area (Å²) in [4.78, 5) is 32.5. The largest absolute Gasteiger partial charge is 0.467 e. The third-order valence-electron chi connectivity index (χ3n) is 3.32. The summed E-state index contributed by atoms with van der Waals surface area (Å²) >= 11 is 0. The molecule has 0 aliphatic rings. The number of aromatic nitrogens is 4. The highest BCUT2D eigenvalue weighted by Crippen LogP contribution is 2.09. The summed E-state index contributed by atoms with van der Waals surface area (Å²) in [6.45, 7) is 7.62. The molecule has 0 fully saturated rings. The van der Waals surface area contributed by atoms with Crippen molar-refractivity contribution in [2.75, 3.05) is 7.11 Å². The molecule has 1 N–H and O–H groups in total. The number of fused-ring (bicyclic) bond motifs is 1. The molecule has 0 spiro atoms. The van der Waals surface area contributed by atoms with Crippen molar-refractivity contribution in [1.29, 1.82) is 0 Å². The Morgan fingerprint density at radius 1 is 1.30 bits per heavy atom. The molecule has 0 bridgehead atoms. The lowest BCUT2D eigenvalue weighted by Gasteiger charge is -2.17. The van der Waals surface area contributed by atoms with Crippen LogP contribution >= 0.6 is 0 Å². The van der Waals surface area contributed by atoms with Crippen LogP contribution in [0.25, 0.3) is 5.78 Å². The number of hydrogen-bond acceptors (Lipinski definition) is 6. The number of nitrogens with zero attached hydrogens (tertiary/aromatic N) is 4. The molecule has 8 heteroatoms. The molecule has 1 amide bonds. The van der Waals surface area contributed by atoms with E-state index in [-0.39, 0.29) is 11.7 Å². The van der Waals surface area contributed by atoms with Crippen molar-refractivity contribution < 1.29 is 14.3 Å². The number of carbonyl (C=O) groups excluding carboxylic acids is 2. The zero-order valence-corrected chi connectivity index (χ0v) is 14.0. The number of rotatable bonds is 5. The van der Waals surface area contributed by atoms with E-state index in [2.05, 4.69) is 20.4 Å². The molecule has 1 atom stereocenters. The Balaban J connectivity index is 2.25. The van der Waals surface area contributed by atoms with Gasteiger partial charge >= 0.3 is 5.97 Å². The summed E-state index contributed by atoms with van der Waals surface area (Å²) in [6, 6.07) is 1.12. The van der Waals surface area contributed by atoms with E-state index in [0.717, 1.165) is 11.4 Å². The van der Waals surface area contributed by atoms with Gasteiger partial charge in [0.25, 0.3) is 11.7 Å². The molecule has 124 valence electrons. The molecule has 0 unspecified atom stereocenters. The maximum absolute atomic E-state index is 12.3. The highest BCUT2D eigenvalue weighted by Gasteiger charge is 2.25. The molecule has 8 nitrogen and oxygen atoms in total. The summed E-state index contributed by atoms with van der Waals surface area (Å²) < 4.78 is 6.23. The van der Waals surface area contributed by atoms with Gasteiger partial charge in [-0.1, -0.05) is 13.8 Å². The quantitative estimate of drug-likeness (QED) is 0.827. The number of amides is 1. The van der Waals surface area contributed by atoms with Gasteiger partial charge in [-0.25, -0.2) is 14.3 Å². The monoisotopic (exact) mass is 319 g/mol. The normalized spacial score (nSPS) is 12.4. The lowest BCUT2D eigenvalue weighted by Crippen LogP contribution is -2.42. The van der Waals surface area contributed by atoms with Gasteiger partial charge in [0.05, 0.1) is 7.11 Å². The first-order valence-corrected chi connectivity index (χ1v) is 7.41. The fraction of sp³-hybridized carbons (Fsp3) is 0.533. The van der Waals surface area contributed by atoms with Gasteiger partial charge < -0.3 is 10.1 Å². The van der Waals surface area contributed by atoms with Crippen molar-refractivity contribution in [2.45, 2.75) is 40.2 Å². The highest BCUT2D eigenvalue weighted by molar-refractivity contribution is 5.94. The Bertz CT molecular complexity index is 738. The van der Waals surface area contributed by atoms with Gasteiger partial charge in [-0.15, -0.1) is 5.10 Å². The lowest BCUT2D eigenvalue weighted by atomic mass is 10.0. The lowest BCUT2D eigenvalue weighted by molar-refractivity contribution is -0.143. The average molecular weight is 319 g/mol. The van der Waals surface area contributed by atoms with Gasteiger partial charge in [0, 0.05) is 11.4 Å². The van der Waals surface area contributed by atoms with E-state index in [9.17, 15) is 9.59 Å². The summed E-state index contributed by atoms with van der Waals surface area (Å²) in [7, 11) is 1.29. The van der Waals surface area contributed by atoms with E-state index in [4.69, 9.17) is 4.74 Å². The Morgan fingerprint density at radius 2 is 2.00 bits per heavy atom. The molecule has 2 aromatic rings. The zero-order chi connectivity index (χ0) is 17.1. The third kappa shape index (κ3) is 3.82. The van der Waals surface area contributed by atoms with Crippen LogP contribution in [0.2, 0.25) is 0 Å². The van der Waals surface area contributed by atoms with Crippen LogP contribution in [-0.2, 0) is 9.53 Å². The van der Waals surface area contributed by atoms with Crippen LogP contribution in [0, 0.1) is 19.8 Å². The summed E-state index contributed by atoms with van der Waals surface area (Å²) in [5, 5.41) is 6.78. The molecule has 0 aromatic carbocycles. The smallest absolute Gasteiger partial charge is 0.328 e. The Labute approximate surface area is 134 Å². The van der Waals surface area contributed by atoms with E-state index in [1.54, 1.807) is 0 Å². The number of carbonyl (C=O) groups is 2. The van der Waals surface area contributed by atoms with E-state index in [0.29, 0.717) is 12.2 Å². The first-order chi connectivity index (χ1) is 10.8. The van der Waals surface area contributed by atoms with E-state index in [1.807, 2.05) is 33.8 Å². The maximum Gasteiger partial charge on any atom is 0.328 e. The minimum Gasteiger partial charge on any atom is -0.467 e. The maximum atomic E-state index is 12.3. The second-order valence-electron chi connectivity index (χ2n) is 5.86. The van der Waals surface area contributed by atoms with Crippen LogP contribution in [0.4, 0.5) is 0 Å². The molecule has 0 aliphatic carbocycles. The average Bonchev–Trinajstić information content (AvgIpc) is 2.89. The Hall–Kier alpha value is -2.51. The molecule has 0 aliphatic heterocycles. The second-order valence-corrected chi connectivity index (χ2v) is 5.86. The number of aryl methyl sites for hydroxylation is 2. The SMILES string of the molecule is COC(=O)[C@@H](CC(C)C)NC(=O)c1nc2nc(C)cc(C)n2n1. The van der Waals surface area contributed by atoms with Crippen LogP contribution in [0.5, 0.6) is 0 Å². The van der Waals surface area contributed by atoms with Crippen molar-refractivity contribution >= 4 is 17.7 Å². The van der Waals surface area contributed by atoms with Gasteiger partial charge in [-0.3, -0.25) is 4.79 Å². The molecule has 0 saturated heterocycles. The van der Waals surface area contributed by atoms with Crippen LogP contribution in [0.1, 0.15) is 42.3 Å². The second kappa shape index (κ2) is 6.72. The van der Waals surface area contributed by atoms with E-state index >= 15 is 0 Å². The number of methoxy groups -OCH3 is 1. The van der Waals surface area contributed by atoms with Gasteiger partial charge in [0.1, 0.15) is 6.04 Å². The molecule has 2 rings (SSSR count). The summed E-state index contributed by atoms with van der Waals surface area (Å²) in [5.41, 5.74) is 1.62.